The summed E-state index contributed by atoms with van der Waals surface area (Å²) in [6, 6.07) is 75.9. The maximum absolute atomic E-state index is 6.83. The number of hydrogen-bond donors (Lipinski definition) is 1. The lowest BCUT2D eigenvalue weighted by atomic mass is 9.86. The Morgan fingerprint density at radius 2 is 1.08 bits per heavy atom. The van der Waals surface area contributed by atoms with Gasteiger partial charge in [0.1, 0.15) is 11.9 Å². The third-order valence-corrected chi connectivity index (χ3v) is 12.0. The molecule has 0 saturated carbocycles. The van der Waals surface area contributed by atoms with Crippen molar-refractivity contribution in [3.8, 4) is 28.0 Å². The number of nitrogens with zero attached hydrogens (tertiary/aromatic N) is 1. The summed E-state index contributed by atoms with van der Waals surface area (Å²) < 4.78 is 6.41. The van der Waals surface area contributed by atoms with E-state index < -0.39 is 0 Å². The molecule has 2 N–H and O–H groups in total. The molecule has 0 saturated heterocycles. The molecular formula is C58H46N2O. The van der Waals surface area contributed by atoms with Crippen LogP contribution in [0, 0.1) is 0 Å². The van der Waals surface area contributed by atoms with Crippen molar-refractivity contribution in [2.75, 3.05) is 10.6 Å². The number of nitrogen functional groups attached to an aromatic ring is 1. The van der Waals surface area contributed by atoms with Crippen molar-refractivity contribution in [3.63, 3.8) is 0 Å². The Morgan fingerprint density at radius 3 is 1.84 bits per heavy atom. The fourth-order valence-corrected chi connectivity index (χ4v) is 8.81. The van der Waals surface area contributed by atoms with Crippen LogP contribution < -0.4 is 15.4 Å². The number of ether oxygens (including phenoxy) is 1. The van der Waals surface area contributed by atoms with Crippen molar-refractivity contribution in [2.24, 2.45) is 0 Å². The standard InChI is InChI=1S/C58H46N2O/c1-40(41-16-6-2-7-17-41)61-57-35-31-49-37-46(29-33-53(49)58(57)59)48-28-32-52(44-21-10-4-11-22-44)56(39-48)60(51-24-12-5-13-25-51)55-34-30-47(42-18-8-3-9-19-42)38-54(55)50-27-26-43-20-14-15-23-45(43)36-50/h2-29,31-33,35-40H,30,34,59H2,1H3. The second kappa shape index (κ2) is 16.6. The molecule has 3 heteroatoms. The zero-order valence-electron chi connectivity index (χ0n) is 34.2. The summed E-state index contributed by atoms with van der Waals surface area (Å²) in [5.74, 6) is 0.692. The summed E-state index contributed by atoms with van der Waals surface area (Å²) in [6.07, 6.45) is 4.09. The van der Waals surface area contributed by atoms with E-state index in [0.29, 0.717) is 11.4 Å². The van der Waals surface area contributed by atoms with Gasteiger partial charge in [0.15, 0.2) is 0 Å². The molecule has 1 aliphatic carbocycles. The second-order valence-corrected chi connectivity index (χ2v) is 15.8. The summed E-state index contributed by atoms with van der Waals surface area (Å²) in [5.41, 5.74) is 21.7. The Morgan fingerprint density at radius 1 is 0.492 bits per heavy atom. The molecule has 0 aromatic heterocycles. The second-order valence-electron chi connectivity index (χ2n) is 15.8. The van der Waals surface area contributed by atoms with Crippen LogP contribution in [0.25, 0.3) is 54.9 Å². The van der Waals surface area contributed by atoms with Crippen LogP contribution in [0.2, 0.25) is 0 Å². The summed E-state index contributed by atoms with van der Waals surface area (Å²) in [5, 5.41) is 4.50. The highest BCUT2D eigenvalue weighted by atomic mass is 16.5. The van der Waals surface area contributed by atoms with Crippen LogP contribution in [0.4, 0.5) is 17.1 Å². The summed E-state index contributed by atoms with van der Waals surface area (Å²) >= 11 is 0. The highest BCUT2D eigenvalue weighted by molar-refractivity contribution is 6.00. The molecule has 294 valence electrons. The molecule has 0 heterocycles. The number of anilines is 3. The maximum Gasteiger partial charge on any atom is 0.143 e. The van der Waals surface area contributed by atoms with E-state index in [1.54, 1.807) is 0 Å². The molecule has 9 aromatic rings. The summed E-state index contributed by atoms with van der Waals surface area (Å²) in [6.45, 7) is 2.06. The largest absolute Gasteiger partial charge is 0.484 e. The number of hydrogen-bond acceptors (Lipinski definition) is 3. The van der Waals surface area contributed by atoms with Gasteiger partial charge in [0.2, 0.25) is 0 Å². The monoisotopic (exact) mass is 786 g/mol. The van der Waals surface area contributed by atoms with Gasteiger partial charge in [-0.1, -0.05) is 176 Å². The highest BCUT2D eigenvalue weighted by Gasteiger charge is 2.26. The van der Waals surface area contributed by atoms with E-state index in [2.05, 4.69) is 206 Å². The van der Waals surface area contributed by atoms with Crippen molar-refractivity contribution >= 4 is 49.8 Å². The van der Waals surface area contributed by atoms with Crippen molar-refractivity contribution in [3.05, 3.63) is 241 Å². The fourth-order valence-electron chi connectivity index (χ4n) is 8.81. The van der Waals surface area contributed by atoms with E-state index in [-0.39, 0.29) is 6.10 Å². The molecule has 0 radical (unpaired) electrons. The lowest BCUT2D eigenvalue weighted by Crippen LogP contribution is -2.20. The molecule has 0 aliphatic heterocycles. The van der Waals surface area contributed by atoms with Gasteiger partial charge >= 0.3 is 0 Å². The molecule has 0 bridgehead atoms. The molecule has 3 nitrogen and oxygen atoms in total. The van der Waals surface area contributed by atoms with Crippen molar-refractivity contribution < 1.29 is 4.74 Å². The van der Waals surface area contributed by atoms with Crippen molar-refractivity contribution in [2.45, 2.75) is 25.9 Å². The van der Waals surface area contributed by atoms with Crippen LogP contribution >= 0.6 is 0 Å². The third-order valence-electron chi connectivity index (χ3n) is 12.0. The van der Waals surface area contributed by atoms with Gasteiger partial charge in [-0.25, -0.2) is 0 Å². The van der Waals surface area contributed by atoms with Crippen LogP contribution in [0.5, 0.6) is 5.75 Å². The number of fused-ring (bicyclic) bond motifs is 2. The van der Waals surface area contributed by atoms with E-state index in [1.807, 2.05) is 24.3 Å². The van der Waals surface area contributed by atoms with Crippen molar-refractivity contribution in [1.29, 1.82) is 0 Å². The van der Waals surface area contributed by atoms with E-state index in [9.17, 15) is 0 Å². The van der Waals surface area contributed by atoms with E-state index >= 15 is 0 Å². The SMILES string of the molecule is CC(Oc1ccc2cc(-c3ccc(-c4ccccc4)c(N(C4=C(c5ccc6ccccc6c5)C=C(c5ccccc5)CC4)c4ccccc4)c3)ccc2c1N)c1ccccc1. The first-order valence-corrected chi connectivity index (χ1v) is 21.1. The average molecular weight is 787 g/mol. The number of benzene rings is 9. The van der Waals surface area contributed by atoms with Gasteiger partial charge in [-0.2, -0.15) is 0 Å². The highest BCUT2D eigenvalue weighted by Crippen LogP contribution is 2.47. The summed E-state index contributed by atoms with van der Waals surface area (Å²) in [7, 11) is 0. The fraction of sp³-hybridized carbons (Fsp3) is 0.0690. The molecule has 0 amide bonds. The molecule has 1 aliphatic rings. The Kier molecular flexibility index (Phi) is 10.2. The Labute approximate surface area is 358 Å². The zero-order chi connectivity index (χ0) is 41.1. The Hall–Kier alpha value is -7.62. The van der Waals surface area contributed by atoms with Crippen molar-refractivity contribution in [1.82, 2.24) is 0 Å². The van der Waals surface area contributed by atoms with E-state index in [4.69, 9.17) is 10.5 Å². The molecule has 1 atom stereocenters. The minimum atomic E-state index is -0.129. The first kappa shape index (κ1) is 37.6. The zero-order valence-corrected chi connectivity index (χ0v) is 34.2. The van der Waals surface area contributed by atoms with Gasteiger partial charge in [0.25, 0.3) is 0 Å². The van der Waals surface area contributed by atoms with Crippen LogP contribution in [-0.2, 0) is 0 Å². The lowest BCUT2D eigenvalue weighted by molar-refractivity contribution is 0.228. The quantitative estimate of drug-likeness (QED) is 0.140. The van der Waals surface area contributed by atoms with Gasteiger partial charge in [0, 0.05) is 27.9 Å². The van der Waals surface area contributed by atoms with Crippen LogP contribution in [0.1, 0.15) is 42.6 Å². The smallest absolute Gasteiger partial charge is 0.143 e. The molecule has 9 aromatic carbocycles. The minimum absolute atomic E-state index is 0.129. The number of rotatable bonds is 10. The van der Waals surface area contributed by atoms with Crippen LogP contribution in [-0.4, -0.2) is 0 Å². The minimum Gasteiger partial charge on any atom is -0.484 e. The first-order chi connectivity index (χ1) is 30.1. The molecule has 61 heavy (non-hydrogen) atoms. The van der Waals surface area contributed by atoms with Gasteiger partial charge < -0.3 is 15.4 Å². The third kappa shape index (κ3) is 7.59. The Balaban J connectivity index is 1.15. The molecule has 1 unspecified atom stereocenters. The van der Waals surface area contributed by atoms with Gasteiger partial charge in [-0.15, -0.1) is 0 Å². The van der Waals surface area contributed by atoms with Gasteiger partial charge in [-0.05, 0) is 117 Å². The van der Waals surface area contributed by atoms with Gasteiger partial charge in [-0.3, -0.25) is 0 Å². The predicted octanol–water partition coefficient (Wildman–Crippen LogP) is 15.5. The predicted molar refractivity (Wildman–Crippen MR) is 258 cm³/mol. The average Bonchev–Trinajstić information content (AvgIpc) is 3.33. The van der Waals surface area contributed by atoms with Crippen LogP contribution in [0.15, 0.2) is 224 Å². The van der Waals surface area contributed by atoms with Crippen LogP contribution in [0.3, 0.4) is 0 Å². The number of nitrogens with two attached hydrogens (primary N) is 1. The molecular weight excluding hydrogens is 741 g/mol. The first-order valence-electron chi connectivity index (χ1n) is 21.1. The lowest BCUT2D eigenvalue weighted by Gasteiger charge is -2.34. The molecule has 0 fully saturated rings. The normalized spacial score (nSPS) is 13.2. The van der Waals surface area contributed by atoms with Gasteiger partial charge in [0.05, 0.1) is 11.4 Å². The molecule has 10 rings (SSSR count). The number of para-hydroxylation sites is 1. The summed E-state index contributed by atoms with van der Waals surface area (Å²) in [4.78, 5) is 2.52. The van der Waals surface area contributed by atoms with E-state index in [1.165, 1.54) is 38.7 Å². The Bertz CT molecular complexity index is 3060. The molecule has 0 spiro atoms. The van der Waals surface area contributed by atoms with E-state index in [0.717, 1.165) is 62.8 Å². The maximum atomic E-state index is 6.83. The number of allylic oxidation sites excluding steroid dienone is 4. The topological polar surface area (TPSA) is 38.5 Å².